The van der Waals surface area contributed by atoms with Crippen molar-refractivity contribution in [2.75, 3.05) is 18.0 Å². The number of nitrogens with zero attached hydrogens (tertiary/aromatic N) is 1. The molecule has 0 spiro atoms. The summed E-state index contributed by atoms with van der Waals surface area (Å²) >= 11 is 0. The summed E-state index contributed by atoms with van der Waals surface area (Å²) in [5.41, 5.74) is 1.86. The Morgan fingerprint density at radius 1 is 1.00 bits per heavy atom. The van der Waals surface area contributed by atoms with Gasteiger partial charge < -0.3 is 10.1 Å². The molecule has 0 radical (unpaired) electrons. The van der Waals surface area contributed by atoms with Crippen molar-refractivity contribution in [1.82, 2.24) is 5.32 Å². The molecule has 6 nitrogen and oxygen atoms in total. The van der Waals surface area contributed by atoms with E-state index < -0.39 is 10.0 Å². The van der Waals surface area contributed by atoms with Crippen molar-refractivity contribution in [2.45, 2.75) is 24.8 Å². The molecule has 0 fully saturated rings. The number of carbonyl (C=O) groups is 1. The van der Waals surface area contributed by atoms with Crippen LogP contribution in [-0.4, -0.2) is 34.0 Å². The topological polar surface area (TPSA) is 75.7 Å². The number of sulfonamides is 1. The molecular weight excluding hydrogens is 412 g/mol. The van der Waals surface area contributed by atoms with Gasteiger partial charge in [0.25, 0.3) is 15.9 Å². The number of ether oxygens (including phenoxy) is 1. The van der Waals surface area contributed by atoms with Gasteiger partial charge in [-0.15, -0.1) is 0 Å². The van der Waals surface area contributed by atoms with E-state index in [-0.39, 0.29) is 22.4 Å². The molecule has 31 heavy (non-hydrogen) atoms. The predicted octanol–water partition coefficient (Wildman–Crippen LogP) is 4.02. The monoisotopic (exact) mass is 438 g/mol. The normalized spacial score (nSPS) is 12.1. The molecule has 0 aliphatic carbocycles. The number of nitrogens with one attached hydrogen (secondary N) is 1. The zero-order chi connectivity index (χ0) is 22.4. The van der Waals surface area contributed by atoms with Crippen molar-refractivity contribution in [3.63, 3.8) is 0 Å². The second-order valence-corrected chi connectivity index (χ2v) is 9.30. The van der Waals surface area contributed by atoms with E-state index in [0.29, 0.717) is 12.3 Å². The first-order valence-electron chi connectivity index (χ1n) is 9.92. The number of benzene rings is 3. The average Bonchev–Trinajstić information content (AvgIpc) is 2.78. The highest BCUT2D eigenvalue weighted by Gasteiger charge is 2.22. The maximum atomic E-state index is 13.0. The third kappa shape index (κ3) is 5.64. The largest absolute Gasteiger partial charge is 0.491 e. The van der Waals surface area contributed by atoms with Gasteiger partial charge in [0, 0.05) is 12.6 Å². The molecule has 0 aromatic heterocycles. The molecule has 3 aromatic carbocycles. The number of rotatable bonds is 8. The van der Waals surface area contributed by atoms with Crippen LogP contribution in [0.4, 0.5) is 5.69 Å². The highest BCUT2D eigenvalue weighted by Crippen LogP contribution is 2.23. The molecule has 0 aliphatic rings. The van der Waals surface area contributed by atoms with Crippen molar-refractivity contribution in [3.05, 3.63) is 90.0 Å². The van der Waals surface area contributed by atoms with Gasteiger partial charge in [-0.25, -0.2) is 8.42 Å². The van der Waals surface area contributed by atoms with Crippen LogP contribution in [0.25, 0.3) is 0 Å². The number of aryl methyl sites for hydroxylation is 1. The van der Waals surface area contributed by atoms with Crippen molar-refractivity contribution in [3.8, 4) is 5.75 Å². The highest BCUT2D eigenvalue weighted by molar-refractivity contribution is 7.92. The molecule has 0 aliphatic heterocycles. The lowest BCUT2D eigenvalue weighted by Crippen LogP contribution is -2.37. The van der Waals surface area contributed by atoms with Crippen molar-refractivity contribution >= 4 is 21.6 Å². The molecular formula is C24H26N2O4S. The summed E-state index contributed by atoms with van der Waals surface area (Å²) < 4.78 is 33.0. The van der Waals surface area contributed by atoms with E-state index in [1.807, 2.05) is 56.3 Å². The van der Waals surface area contributed by atoms with Gasteiger partial charge in [-0.1, -0.05) is 42.0 Å². The number of amides is 1. The van der Waals surface area contributed by atoms with E-state index in [9.17, 15) is 13.2 Å². The predicted molar refractivity (Wildman–Crippen MR) is 122 cm³/mol. The number of para-hydroxylation sites is 1. The second-order valence-electron chi connectivity index (χ2n) is 7.33. The van der Waals surface area contributed by atoms with Gasteiger partial charge in [-0.05, 0) is 56.3 Å². The number of carbonyl (C=O) groups excluding carboxylic acids is 1. The Bertz CT molecular complexity index is 1130. The van der Waals surface area contributed by atoms with E-state index in [1.54, 1.807) is 24.3 Å². The fourth-order valence-electron chi connectivity index (χ4n) is 2.94. The van der Waals surface area contributed by atoms with Gasteiger partial charge in [0.2, 0.25) is 0 Å². The summed E-state index contributed by atoms with van der Waals surface area (Å²) in [6, 6.07) is 22.3. The van der Waals surface area contributed by atoms with Crippen LogP contribution >= 0.6 is 0 Å². The summed E-state index contributed by atoms with van der Waals surface area (Å²) in [5.74, 6) is 0.357. The first-order chi connectivity index (χ1) is 14.8. The van der Waals surface area contributed by atoms with E-state index in [1.165, 1.54) is 23.5 Å². The molecule has 0 unspecified atom stereocenters. The Hall–Kier alpha value is -3.32. The number of hydrogen-bond donors (Lipinski definition) is 1. The van der Waals surface area contributed by atoms with E-state index >= 15 is 0 Å². The van der Waals surface area contributed by atoms with Gasteiger partial charge >= 0.3 is 0 Å². The molecule has 0 saturated carbocycles. The summed E-state index contributed by atoms with van der Waals surface area (Å²) in [7, 11) is -2.31. The minimum Gasteiger partial charge on any atom is -0.491 e. The molecule has 1 atom stereocenters. The third-order valence-electron chi connectivity index (χ3n) is 4.77. The Kier molecular flexibility index (Phi) is 6.97. The zero-order valence-corrected chi connectivity index (χ0v) is 18.6. The molecule has 3 aromatic rings. The lowest BCUT2D eigenvalue weighted by molar-refractivity contribution is 0.0926. The molecule has 162 valence electrons. The number of hydrogen-bond acceptors (Lipinski definition) is 4. The summed E-state index contributed by atoms with van der Waals surface area (Å²) in [6.07, 6.45) is 0. The van der Waals surface area contributed by atoms with Crippen molar-refractivity contribution in [2.24, 2.45) is 0 Å². The minimum absolute atomic E-state index is 0.0522. The Labute approximate surface area is 183 Å². The van der Waals surface area contributed by atoms with Crippen molar-refractivity contribution in [1.29, 1.82) is 0 Å². The van der Waals surface area contributed by atoms with Crippen LogP contribution in [0, 0.1) is 6.92 Å². The smallest absolute Gasteiger partial charge is 0.264 e. The quantitative estimate of drug-likeness (QED) is 0.576. The lowest BCUT2D eigenvalue weighted by atomic mass is 10.2. The van der Waals surface area contributed by atoms with Gasteiger partial charge in [-0.2, -0.15) is 0 Å². The number of anilines is 1. The fourth-order valence-corrected chi connectivity index (χ4v) is 4.18. The van der Waals surface area contributed by atoms with Crippen LogP contribution < -0.4 is 14.4 Å². The van der Waals surface area contributed by atoms with E-state index in [4.69, 9.17) is 4.74 Å². The van der Waals surface area contributed by atoms with Crippen LogP contribution in [0.3, 0.4) is 0 Å². The Morgan fingerprint density at radius 3 is 2.35 bits per heavy atom. The average molecular weight is 439 g/mol. The fraction of sp³-hybridized carbons (Fsp3) is 0.208. The summed E-state index contributed by atoms with van der Waals surface area (Å²) in [4.78, 5) is 12.7. The maximum absolute atomic E-state index is 13.0. The Balaban J connectivity index is 1.69. The summed E-state index contributed by atoms with van der Waals surface area (Å²) in [6.45, 7) is 4.06. The van der Waals surface area contributed by atoms with Gasteiger partial charge in [0.05, 0.1) is 16.6 Å². The van der Waals surface area contributed by atoms with Gasteiger partial charge in [-0.3, -0.25) is 9.10 Å². The molecule has 0 saturated heterocycles. The van der Waals surface area contributed by atoms with Crippen LogP contribution in [-0.2, 0) is 10.0 Å². The van der Waals surface area contributed by atoms with Crippen LogP contribution in [0.15, 0.2) is 83.8 Å². The first kappa shape index (κ1) is 22.4. The van der Waals surface area contributed by atoms with Crippen molar-refractivity contribution < 1.29 is 17.9 Å². The Morgan fingerprint density at radius 2 is 1.68 bits per heavy atom. The molecule has 7 heteroatoms. The first-order valence-corrected chi connectivity index (χ1v) is 11.4. The SMILES string of the molecule is Cc1ccc(N(C)S(=O)(=O)c2cccc(C(=O)N[C@H](C)COc3ccccc3)c2)cc1. The third-order valence-corrected chi connectivity index (χ3v) is 6.55. The maximum Gasteiger partial charge on any atom is 0.264 e. The zero-order valence-electron chi connectivity index (χ0n) is 17.8. The highest BCUT2D eigenvalue weighted by atomic mass is 32.2. The molecule has 1 amide bonds. The van der Waals surface area contributed by atoms with E-state index in [2.05, 4.69) is 5.32 Å². The standard InChI is InChI=1S/C24H26N2O4S/c1-18-12-14-21(15-13-18)26(3)31(28,29)23-11-7-8-20(16-23)24(27)25-19(2)17-30-22-9-5-4-6-10-22/h4-16,19H,17H2,1-3H3,(H,25,27)/t19-/m1/s1. The van der Waals surface area contributed by atoms with Gasteiger partial charge in [0.15, 0.2) is 0 Å². The molecule has 0 bridgehead atoms. The molecule has 0 heterocycles. The summed E-state index contributed by atoms with van der Waals surface area (Å²) in [5, 5.41) is 2.84. The van der Waals surface area contributed by atoms with E-state index in [0.717, 1.165) is 11.3 Å². The molecule has 1 N–H and O–H groups in total. The van der Waals surface area contributed by atoms with Crippen LogP contribution in [0.5, 0.6) is 5.75 Å². The van der Waals surface area contributed by atoms with Gasteiger partial charge in [0.1, 0.15) is 12.4 Å². The van der Waals surface area contributed by atoms with Crippen LogP contribution in [0.2, 0.25) is 0 Å². The minimum atomic E-state index is -3.81. The second kappa shape index (κ2) is 9.66. The van der Waals surface area contributed by atoms with Crippen LogP contribution in [0.1, 0.15) is 22.8 Å². The lowest BCUT2D eigenvalue weighted by Gasteiger charge is -2.20. The molecule has 3 rings (SSSR count).